The molecule has 1 aromatic carbocycles. The molecular formula is C15H14BrN5S. The van der Waals surface area contributed by atoms with Gasteiger partial charge in [0.1, 0.15) is 0 Å². The predicted octanol–water partition coefficient (Wildman–Crippen LogP) is 3.15. The van der Waals surface area contributed by atoms with Crippen molar-refractivity contribution in [3.63, 3.8) is 0 Å². The minimum atomic E-state index is 0.646. The van der Waals surface area contributed by atoms with Gasteiger partial charge in [-0.25, -0.2) is 4.68 Å². The Labute approximate surface area is 141 Å². The molecule has 3 aromatic rings. The van der Waals surface area contributed by atoms with Crippen LogP contribution in [0, 0.1) is 0 Å². The van der Waals surface area contributed by atoms with E-state index in [9.17, 15) is 0 Å². The molecule has 0 aliphatic rings. The first-order valence-electron chi connectivity index (χ1n) is 6.74. The van der Waals surface area contributed by atoms with E-state index in [0.29, 0.717) is 11.0 Å². The van der Waals surface area contributed by atoms with Crippen molar-refractivity contribution in [2.24, 2.45) is 0 Å². The van der Waals surface area contributed by atoms with Crippen LogP contribution >= 0.6 is 27.7 Å². The average molecular weight is 376 g/mol. The fourth-order valence-electron chi connectivity index (χ4n) is 1.99. The summed E-state index contributed by atoms with van der Waals surface area (Å²) < 4.78 is 2.47. The molecule has 0 aliphatic carbocycles. The lowest BCUT2D eigenvalue weighted by Gasteiger charge is -2.05. The quantitative estimate of drug-likeness (QED) is 0.547. The summed E-state index contributed by atoms with van der Waals surface area (Å²) in [5, 5.41) is 9.06. The maximum atomic E-state index is 6.12. The number of nitrogens with two attached hydrogens (primary N) is 1. The zero-order valence-electron chi connectivity index (χ0n) is 11.7. The fraction of sp³-hybridized carbons (Fsp3) is 0.133. The SMILES string of the molecule is Nn1c(SCCc2ccccn2)nnc1-c1ccccc1Br. The van der Waals surface area contributed by atoms with E-state index in [2.05, 4.69) is 31.1 Å². The van der Waals surface area contributed by atoms with Crippen molar-refractivity contribution < 1.29 is 0 Å². The zero-order chi connectivity index (χ0) is 15.4. The number of rotatable bonds is 5. The first-order valence-corrected chi connectivity index (χ1v) is 8.51. The molecule has 7 heteroatoms. The summed E-state index contributed by atoms with van der Waals surface area (Å²) >= 11 is 5.08. The van der Waals surface area contributed by atoms with Crippen molar-refractivity contribution in [3.8, 4) is 11.4 Å². The van der Waals surface area contributed by atoms with Gasteiger partial charge in [-0.1, -0.05) is 45.9 Å². The topological polar surface area (TPSA) is 69.6 Å². The lowest BCUT2D eigenvalue weighted by Crippen LogP contribution is -2.12. The van der Waals surface area contributed by atoms with Crippen LogP contribution in [0.2, 0.25) is 0 Å². The van der Waals surface area contributed by atoms with Crippen molar-refractivity contribution in [1.29, 1.82) is 0 Å². The number of aryl methyl sites for hydroxylation is 1. The van der Waals surface area contributed by atoms with Gasteiger partial charge < -0.3 is 5.84 Å². The molecular weight excluding hydrogens is 362 g/mol. The van der Waals surface area contributed by atoms with E-state index >= 15 is 0 Å². The highest BCUT2D eigenvalue weighted by Crippen LogP contribution is 2.27. The molecule has 5 nitrogen and oxygen atoms in total. The van der Waals surface area contributed by atoms with Crippen molar-refractivity contribution in [3.05, 3.63) is 58.8 Å². The number of thioether (sulfide) groups is 1. The van der Waals surface area contributed by atoms with Crippen LogP contribution < -0.4 is 5.84 Å². The molecule has 0 spiro atoms. The molecule has 112 valence electrons. The van der Waals surface area contributed by atoms with Gasteiger partial charge in [-0.05, 0) is 30.7 Å². The number of nitrogens with zero attached hydrogens (tertiary/aromatic N) is 4. The molecule has 2 heterocycles. The molecule has 0 amide bonds. The molecule has 0 atom stereocenters. The van der Waals surface area contributed by atoms with Crippen molar-refractivity contribution in [2.75, 3.05) is 11.6 Å². The smallest absolute Gasteiger partial charge is 0.210 e. The summed E-state index contributed by atoms with van der Waals surface area (Å²) in [7, 11) is 0. The Balaban J connectivity index is 1.70. The van der Waals surface area contributed by atoms with Crippen molar-refractivity contribution in [2.45, 2.75) is 11.6 Å². The number of benzene rings is 1. The number of hydrogen-bond acceptors (Lipinski definition) is 5. The van der Waals surface area contributed by atoms with Gasteiger partial charge in [-0.2, -0.15) is 0 Å². The second-order valence-electron chi connectivity index (χ2n) is 4.58. The highest BCUT2D eigenvalue weighted by Gasteiger charge is 2.14. The van der Waals surface area contributed by atoms with Crippen LogP contribution in [0.15, 0.2) is 58.3 Å². The van der Waals surface area contributed by atoms with E-state index in [1.165, 1.54) is 4.68 Å². The second-order valence-corrected chi connectivity index (χ2v) is 6.49. The normalized spacial score (nSPS) is 10.8. The minimum Gasteiger partial charge on any atom is -0.335 e. The summed E-state index contributed by atoms with van der Waals surface area (Å²) in [6.07, 6.45) is 2.67. The Kier molecular flexibility index (Phi) is 4.74. The van der Waals surface area contributed by atoms with Crippen LogP contribution in [0.25, 0.3) is 11.4 Å². The minimum absolute atomic E-state index is 0.646. The molecule has 2 aromatic heterocycles. The molecule has 0 aliphatic heterocycles. The van der Waals surface area contributed by atoms with Crippen LogP contribution in [-0.4, -0.2) is 25.6 Å². The number of nitrogen functional groups attached to an aromatic ring is 1. The lowest BCUT2D eigenvalue weighted by atomic mass is 10.2. The second kappa shape index (κ2) is 6.93. The molecule has 0 unspecified atom stereocenters. The van der Waals surface area contributed by atoms with Gasteiger partial charge in [0.15, 0.2) is 5.82 Å². The molecule has 0 radical (unpaired) electrons. The fourth-order valence-corrected chi connectivity index (χ4v) is 3.27. The summed E-state index contributed by atoms with van der Waals surface area (Å²) in [5.74, 6) is 7.61. The van der Waals surface area contributed by atoms with Crippen LogP contribution in [0.1, 0.15) is 5.69 Å². The van der Waals surface area contributed by atoms with Gasteiger partial charge in [-0.3, -0.25) is 4.98 Å². The molecule has 0 bridgehead atoms. The Morgan fingerprint density at radius 2 is 1.91 bits per heavy atom. The molecule has 0 fully saturated rings. The molecule has 2 N–H and O–H groups in total. The van der Waals surface area contributed by atoms with Gasteiger partial charge in [0.05, 0.1) is 0 Å². The number of aromatic nitrogens is 4. The predicted molar refractivity (Wildman–Crippen MR) is 92.0 cm³/mol. The maximum absolute atomic E-state index is 6.12. The Morgan fingerprint density at radius 1 is 1.09 bits per heavy atom. The monoisotopic (exact) mass is 375 g/mol. The number of hydrogen-bond donors (Lipinski definition) is 1. The van der Waals surface area contributed by atoms with E-state index in [-0.39, 0.29) is 0 Å². The van der Waals surface area contributed by atoms with Crippen molar-refractivity contribution in [1.82, 2.24) is 19.9 Å². The molecule has 0 saturated heterocycles. The summed E-state index contributed by atoms with van der Waals surface area (Å²) in [4.78, 5) is 4.30. The highest BCUT2D eigenvalue weighted by atomic mass is 79.9. The average Bonchev–Trinajstić information content (AvgIpc) is 2.90. The third-order valence-electron chi connectivity index (χ3n) is 3.09. The molecule has 0 saturated carbocycles. The van der Waals surface area contributed by atoms with E-state index < -0.39 is 0 Å². The van der Waals surface area contributed by atoms with E-state index in [4.69, 9.17) is 5.84 Å². The van der Waals surface area contributed by atoms with Gasteiger partial charge in [0.25, 0.3) is 0 Å². The Morgan fingerprint density at radius 3 is 2.68 bits per heavy atom. The molecule has 22 heavy (non-hydrogen) atoms. The van der Waals surface area contributed by atoms with Crippen LogP contribution in [0.5, 0.6) is 0 Å². The number of pyridine rings is 1. The van der Waals surface area contributed by atoms with Gasteiger partial charge >= 0.3 is 0 Å². The zero-order valence-corrected chi connectivity index (χ0v) is 14.1. The first kappa shape index (κ1) is 15.1. The first-order chi connectivity index (χ1) is 10.8. The van der Waals surface area contributed by atoms with Crippen LogP contribution in [0.4, 0.5) is 0 Å². The van der Waals surface area contributed by atoms with Crippen LogP contribution in [0.3, 0.4) is 0 Å². The third-order valence-corrected chi connectivity index (χ3v) is 4.73. The van der Waals surface area contributed by atoms with Crippen molar-refractivity contribution >= 4 is 27.7 Å². The third kappa shape index (κ3) is 3.31. The van der Waals surface area contributed by atoms with Gasteiger partial charge in [0.2, 0.25) is 5.16 Å². The Hall–Kier alpha value is -1.86. The maximum Gasteiger partial charge on any atom is 0.210 e. The molecule has 3 rings (SSSR count). The Bertz CT molecular complexity index is 760. The van der Waals surface area contributed by atoms with E-state index in [1.54, 1.807) is 18.0 Å². The highest BCUT2D eigenvalue weighted by molar-refractivity contribution is 9.10. The largest absolute Gasteiger partial charge is 0.335 e. The van der Waals surface area contributed by atoms with E-state index in [0.717, 1.165) is 27.9 Å². The standard InChI is InChI=1S/C15H14BrN5S/c16-13-7-2-1-6-12(13)14-19-20-15(21(14)17)22-10-8-11-5-3-4-9-18-11/h1-7,9H,8,10,17H2. The number of halogens is 1. The summed E-state index contributed by atoms with van der Waals surface area (Å²) in [6.45, 7) is 0. The van der Waals surface area contributed by atoms with Crippen LogP contribution in [-0.2, 0) is 6.42 Å². The van der Waals surface area contributed by atoms with Gasteiger partial charge in [-0.15, -0.1) is 10.2 Å². The van der Waals surface area contributed by atoms with E-state index in [1.807, 2.05) is 42.5 Å². The summed E-state index contributed by atoms with van der Waals surface area (Å²) in [5.41, 5.74) is 1.98. The lowest BCUT2D eigenvalue weighted by molar-refractivity contribution is 0.848. The van der Waals surface area contributed by atoms with Gasteiger partial charge in [0, 0.05) is 27.7 Å². The summed E-state index contributed by atoms with van der Waals surface area (Å²) in [6, 6.07) is 13.7.